The van der Waals surface area contributed by atoms with E-state index in [-0.39, 0.29) is 11.8 Å². The largest absolute Gasteiger partial charge is 0.355 e. The number of likely N-dealkylation sites (tertiary alicyclic amines) is 1. The maximum atomic E-state index is 11.9. The highest BCUT2D eigenvalue weighted by Crippen LogP contribution is 2.17. The van der Waals surface area contributed by atoms with Crippen LogP contribution < -0.4 is 10.6 Å². The summed E-state index contributed by atoms with van der Waals surface area (Å²) in [7, 11) is 0. The minimum absolute atomic E-state index is 0.00626. The van der Waals surface area contributed by atoms with Gasteiger partial charge >= 0.3 is 0 Å². The Morgan fingerprint density at radius 1 is 1.32 bits per heavy atom. The van der Waals surface area contributed by atoms with Gasteiger partial charge < -0.3 is 10.6 Å². The van der Waals surface area contributed by atoms with E-state index in [4.69, 9.17) is 0 Å². The smallest absolute Gasteiger partial charge is 0.234 e. The number of hydrogen-bond acceptors (Lipinski definition) is 5. The molecule has 8 nitrogen and oxygen atoms in total. The van der Waals surface area contributed by atoms with E-state index in [2.05, 4.69) is 25.6 Å². The molecule has 0 spiro atoms. The van der Waals surface area contributed by atoms with E-state index in [1.807, 2.05) is 4.68 Å². The Kier molecular flexibility index (Phi) is 6.32. The summed E-state index contributed by atoms with van der Waals surface area (Å²) in [4.78, 5) is 28.7. The highest BCUT2D eigenvalue weighted by molar-refractivity contribution is 5.78. The number of piperidine rings is 1. The summed E-state index contributed by atoms with van der Waals surface area (Å²) in [6.07, 6.45) is 5.52. The van der Waals surface area contributed by atoms with Crippen LogP contribution in [-0.2, 0) is 16.1 Å². The minimum Gasteiger partial charge on any atom is -0.355 e. The van der Waals surface area contributed by atoms with Crippen molar-refractivity contribution in [2.45, 2.75) is 26.3 Å². The topological polar surface area (TPSA) is 92.2 Å². The summed E-state index contributed by atoms with van der Waals surface area (Å²) < 4.78 is 1.85. The van der Waals surface area contributed by atoms with E-state index in [1.165, 1.54) is 6.92 Å². The van der Waals surface area contributed by atoms with Gasteiger partial charge in [-0.25, -0.2) is 4.98 Å². The molecule has 122 valence electrons. The fourth-order valence-electron chi connectivity index (χ4n) is 2.73. The maximum absolute atomic E-state index is 11.9. The molecule has 0 aliphatic carbocycles. The van der Waals surface area contributed by atoms with E-state index < -0.39 is 0 Å². The average Bonchev–Trinajstić information content (AvgIpc) is 2.97. The Morgan fingerprint density at radius 2 is 2.14 bits per heavy atom. The van der Waals surface area contributed by atoms with Gasteiger partial charge in [-0.2, -0.15) is 5.10 Å². The van der Waals surface area contributed by atoms with Gasteiger partial charge in [-0.05, 0) is 25.3 Å². The standard InChI is InChI=1S/C14H24N6O2/c1-12(21)16-4-5-17-14(22)9-19-6-2-3-13(7-19)8-20-11-15-10-18-20/h10-11,13H,2-9H2,1H3,(H,16,21)(H,17,22)/t13-/m0/s1. The Morgan fingerprint density at radius 3 is 2.86 bits per heavy atom. The monoisotopic (exact) mass is 308 g/mol. The molecule has 2 heterocycles. The van der Waals surface area contributed by atoms with Crippen molar-refractivity contribution < 1.29 is 9.59 Å². The lowest BCUT2D eigenvalue weighted by Gasteiger charge is -2.32. The Labute approximate surface area is 130 Å². The number of nitrogens with zero attached hydrogens (tertiary/aromatic N) is 4. The zero-order chi connectivity index (χ0) is 15.8. The summed E-state index contributed by atoms with van der Waals surface area (Å²) in [5, 5.41) is 9.61. The molecule has 1 atom stereocenters. The van der Waals surface area contributed by atoms with E-state index in [1.54, 1.807) is 12.7 Å². The van der Waals surface area contributed by atoms with Crippen LogP contribution in [0.15, 0.2) is 12.7 Å². The number of amides is 2. The van der Waals surface area contributed by atoms with Crippen molar-refractivity contribution in [1.29, 1.82) is 0 Å². The third-order valence-corrected chi connectivity index (χ3v) is 3.70. The van der Waals surface area contributed by atoms with E-state index >= 15 is 0 Å². The van der Waals surface area contributed by atoms with Crippen LogP contribution in [0.1, 0.15) is 19.8 Å². The number of hydrogen-bond donors (Lipinski definition) is 2. The third-order valence-electron chi connectivity index (χ3n) is 3.70. The molecule has 1 aliphatic rings. The zero-order valence-corrected chi connectivity index (χ0v) is 13.0. The number of carbonyl (C=O) groups excluding carboxylic acids is 2. The van der Waals surface area contributed by atoms with E-state index in [0.717, 1.165) is 32.5 Å². The van der Waals surface area contributed by atoms with Gasteiger partial charge in [0.15, 0.2) is 0 Å². The van der Waals surface area contributed by atoms with E-state index in [9.17, 15) is 9.59 Å². The lowest BCUT2D eigenvalue weighted by molar-refractivity contribution is -0.123. The van der Waals surface area contributed by atoms with Crippen LogP contribution >= 0.6 is 0 Å². The predicted molar refractivity (Wildman–Crippen MR) is 80.9 cm³/mol. The molecule has 0 radical (unpaired) electrons. The third kappa shape index (κ3) is 5.80. The first-order chi connectivity index (χ1) is 10.6. The SMILES string of the molecule is CC(=O)NCCNC(=O)CN1CCC[C@H](Cn2cncn2)C1. The van der Waals surface area contributed by atoms with Crippen LogP contribution in [-0.4, -0.2) is 64.2 Å². The fraction of sp³-hybridized carbons (Fsp3) is 0.714. The Bertz CT molecular complexity index is 476. The first-order valence-corrected chi connectivity index (χ1v) is 7.69. The summed E-state index contributed by atoms with van der Waals surface area (Å²) in [6.45, 7) is 5.51. The van der Waals surface area contributed by atoms with Gasteiger partial charge in [0.2, 0.25) is 11.8 Å². The van der Waals surface area contributed by atoms with Gasteiger partial charge in [-0.3, -0.25) is 19.2 Å². The summed E-state index contributed by atoms with van der Waals surface area (Å²) in [5.74, 6) is 0.426. The van der Waals surface area contributed by atoms with E-state index in [0.29, 0.717) is 25.6 Å². The highest BCUT2D eigenvalue weighted by Gasteiger charge is 2.22. The van der Waals surface area contributed by atoms with Gasteiger partial charge in [-0.15, -0.1) is 0 Å². The molecule has 22 heavy (non-hydrogen) atoms. The van der Waals surface area contributed by atoms with Crippen LogP contribution in [0.2, 0.25) is 0 Å². The molecule has 0 aromatic carbocycles. The second kappa shape index (κ2) is 8.47. The Balaban J connectivity index is 1.66. The fourth-order valence-corrected chi connectivity index (χ4v) is 2.73. The highest BCUT2D eigenvalue weighted by atomic mass is 16.2. The van der Waals surface area contributed by atoms with Gasteiger partial charge in [0.05, 0.1) is 6.54 Å². The molecule has 1 saturated heterocycles. The normalized spacial score (nSPS) is 18.9. The molecular formula is C14H24N6O2. The van der Waals surface area contributed by atoms with Crippen molar-refractivity contribution in [2.24, 2.45) is 5.92 Å². The second-order valence-corrected chi connectivity index (χ2v) is 5.69. The molecule has 0 saturated carbocycles. The maximum Gasteiger partial charge on any atom is 0.234 e. The molecule has 0 bridgehead atoms. The Hall–Kier alpha value is -1.96. The van der Waals surface area contributed by atoms with Crippen LogP contribution in [0.4, 0.5) is 0 Å². The number of aromatic nitrogens is 3. The molecule has 0 unspecified atom stereocenters. The lowest BCUT2D eigenvalue weighted by atomic mass is 9.98. The molecule has 8 heteroatoms. The van der Waals surface area contributed by atoms with Crippen molar-refractivity contribution >= 4 is 11.8 Å². The van der Waals surface area contributed by atoms with Gasteiger partial charge in [-0.1, -0.05) is 0 Å². The van der Waals surface area contributed by atoms with Crippen molar-refractivity contribution in [3.8, 4) is 0 Å². The number of carbonyl (C=O) groups is 2. The summed E-state index contributed by atoms with van der Waals surface area (Å²) in [5.41, 5.74) is 0. The first-order valence-electron chi connectivity index (χ1n) is 7.69. The van der Waals surface area contributed by atoms with Crippen LogP contribution in [0.5, 0.6) is 0 Å². The van der Waals surface area contributed by atoms with Crippen LogP contribution in [0, 0.1) is 5.92 Å². The molecule has 1 fully saturated rings. The molecule has 2 amide bonds. The molecular weight excluding hydrogens is 284 g/mol. The van der Waals surface area contributed by atoms with Crippen molar-refractivity contribution in [2.75, 3.05) is 32.7 Å². The van der Waals surface area contributed by atoms with Gasteiger partial charge in [0, 0.05) is 33.1 Å². The van der Waals surface area contributed by atoms with Crippen LogP contribution in [0.3, 0.4) is 0 Å². The van der Waals surface area contributed by atoms with Gasteiger partial charge in [0.25, 0.3) is 0 Å². The molecule has 1 aromatic rings. The van der Waals surface area contributed by atoms with Crippen molar-refractivity contribution in [1.82, 2.24) is 30.3 Å². The quantitative estimate of drug-likeness (QED) is 0.646. The summed E-state index contributed by atoms with van der Waals surface area (Å²) in [6, 6.07) is 0. The molecule has 1 aromatic heterocycles. The molecule has 2 N–H and O–H groups in total. The second-order valence-electron chi connectivity index (χ2n) is 5.69. The molecule has 1 aliphatic heterocycles. The lowest BCUT2D eigenvalue weighted by Crippen LogP contribution is -2.44. The number of nitrogens with one attached hydrogen (secondary N) is 2. The predicted octanol–water partition coefficient (Wildman–Crippen LogP) is -0.758. The summed E-state index contributed by atoms with van der Waals surface area (Å²) >= 11 is 0. The minimum atomic E-state index is -0.0822. The molecule has 2 rings (SSSR count). The first kappa shape index (κ1) is 16.4. The zero-order valence-electron chi connectivity index (χ0n) is 13.0. The average molecular weight is 308 g/mol. The van der Waals surface area contributed by atoms with Crippen molar-refractivity contribution in [3.63, 3.8) is 0 Å². The van der Waals surface area contributed by atoms with Crippen LogP contribution in [0.25, 0.3) is 0 Å². The van der Waals surface area contributed by atoms with Gasteiger partial charge in [0.1, 0.15) is 12.7 Å². The number of rotatable bonds is 7. The van der Waals surface area contributed by atoms with Crippen molar-refractivity contribution in [3.05, 3.63) is 12.7 Å².